The SMILES string of the molecule is CCc1ccc(C(=O)N(CC(=O)N(CCc2ccc(OC)c(OC)c2)Cc2sccc2C)CC(C)C)cc1. The number of hydrogen-bond donors (Lipinski definition) is 0. The molecule has 0 aliphatic heterocycles. The first kappa shape index (κ1) is 29.2. The second-order valence-corrected chi connectivity index (χ2v) is 10.9. The number of thiophene rings is 1. The largest absolute Gasteiger partial charge is 0.493 e. The van der Waals surface area contributed by atoms with Gasteiger partial charge in [0.15, 0.2) is 11.5 Å². The lowest BCUT2D eigenvalue weighted by atomic mass is 10.1. The van der Waals surface area contributed by atoms with E-state index in [1.54, 1.807) is 30.5 Å². The van der Waals surface area contributed by atoms with Crippen molar-refractivity contribution in [3.05, 3.63) is 81.0 Å². The Bertz CT molecular complexity index is 1200. The normalized spacial score (nSPS) is 10.9. The lowest BCUT2D eigenvalue weighted by Gasteiger charge is -2.29. The van der Waals surface area contributed by atoms with Crippen LogP contribution in [-0.4, -0.2) is 55.5 Å². The van der Waals surface area contributed by atoms with E-state index in [4.69, 9.17) is 9.47 Å². The fourth-order valence-corrected chi connectivity index (χ4v) is 5.24. The quantitative estimate of drug-likeness (QED) is 0.269. The summed E-state index contributed by atoms with van der Waals surface area (Å²) in [6.07, 6.45) is 1.58. The molecule has 2 amide bonds. The van der Waals surface area contributed by atoms with Crippen molar-refractivity contribution < 1.29 is 19.1 Å². The molecule has 0 atom stereocenters. The maximum absolute atomic E-state index is 13.7. The summed E-state index contributed by atoms with van der Waals surface area (Å²) >= 11 is 1.65. The number of methoxy groups -OCH3 is 2. The summed E-state index contributed by atoms with van der Waals surface area (Å²) in [5, 5.41) is 2.05. The van der Waals surface area contributed by atoms with E-state index in [2.05, 4.69) is 39.1 Å². The molecule has 0 saturated carbocycles. The molecule has 7 heteroatoms. The zero-order valence-electron chi connectivity index (χ0n) is 23.5. The fourth-order valence-electron chi connectivity index (χ4n) is 4.32. The van der Waals surface area contributed by atoms with Crippen LogP contribution in [0.3, 0.4) is 0 Å². The van der Waals surface area contributed by atoms with Gasteiger partial charge in [-0.1, -0.05) is 39.0 Å². The van der Waals surface area contributed by atoms with E-state index in [0.29, 0.717) is 43.1 Å². The molecule has 1 heterocycles. The van der Waals surface area contributed by atoms with Crippen LogP contribution < -0.4 is 9.47 Å². The zero-order chi connectivity index (χ0) is 27.7. The summed E-state index contributed by atoms with van der Waals surface area (Å²) < 4.78 is 10.8. The Labute approximate surface area is 231 Å². The summed E-state index contributed by atoms with van der Waals surface area (Å²) in [6, 6.07) is 15.6. The van der Waals surface area contributed by atoms with Gasteiger partial charge >= 0.3 is 0 Å². The van der Waals surface area contributed by atoms with Gasteiger partial charge in [-0.15, -0.1) is 11.3 Å². The Morgan fingerprint density at radius 2 is 1.61 bits per heavy atom. The van der Waals surface area contributed by atoms with Gasteiger partial charge in [0.2, 0.25) is 5.91 Å². The van der Waals surface area contributed by atoms with Crippen LogP contribution in [0, 0.1) is 12.8 Å². The van der Waals surface area contributed by atoms with Crippen molar-refractivity contribution in [3.8, 4) is 11.5 Å². The van der Waals surface area contributed by atoms with Gasteiger partial charge in [0.1, 0.15) is 6.54 Å². The molecule has 0 saturated heterocycles. The van der Waals surface area contributed by atoms with E-state index in [0.717, 1.165) is 16.9 Å². The van der Waals surface area contributed by atoms with Crippen molar-refractivity contribution >= 4 is 23.2 Å². The summed E-state index contributed by atoms with van der Waals surface area (Å²) in [5.74, 6) is 1.41. The monoisotopic (exact) mass is 536 g/mol. The van der Waals surface area contributed by atoms with Crippen molar-refractivity contribution in [1.82, 2.24) is 9.80 Å². The minimum atomic E-state index is -0.109. The lowest BCUT2D eigenvalue weighted by Crippen LogP contribution is -2.44. The summed E-state index contributed by atoms with van der Waals surface area (Å²) in [7, 11) is 3.23. The average molecular weight is 537 g/mol. The van der Waals surface area contributed by atoms with Crippen LogP contribution in [0.25, 0.3) is 0 Å². The number of nitrogens with zero attached hydrogens (tertiary/aromatic N) is 2. The Balaban J connectivity index is 1.81. The minimum Gasteiger partial charge on any atom is -0.493 e. The van der Waals surface area contributed by atoms with Gasteiger partial charge in [0.05, 0.1) is 20.8 Å². The zero-order valence-corrected chi connectivity index (χ0v) is 24.3. The standard InChI is InChI=1S/C31H40N2O4S/c1-7-24-8-11-26(12-9-24)31(35)33(19-22(2)3)21-30(34)32(20-29-23(4)15-17-38-29)16-14-25-10-13-27(36-5)28(18-25)37-6/h8-13,15,17-18,22H,7,14,16,19-21H2,1-6H3. The van der Waals surface area contributed by atoms with E-state index in [1.165, 1.54) is 11.1 Å². The van der Waals surface area contributed by atoms with Crippen LogP contribution in [0.5, 0.6) is 11.5 Å². The van der Waals surface area contributed by atoms with Gasteiger partial charge < -0.3 is 19.3 Å². The summed E-state index contributed by atoms with van der Waals surface area (Å²) in [5.41, 5.74) is 4.02. The molecule has 0 N–H and O–H groups in total. The summed E-state index contributed by atoms with van der Waals surface area (Å²) in [4.78, 5) is 31.9. The summed E-state index contributed by atoms with van der Waals surface area (Å²) in [6.45, 7) is 9.89. The average Bonchev–Trinajstić information content (AvgIpc) is 3.33. The second kappa shape index (κ2) is 14.0. The molecule has 38 heavy (non-hydrogen) atoms. The number of carbonyl (C=O) groups excluding carboxylic acids is 2. The first-order valence-corrected chi connectivity index (χ1v) is 14.0. The highest BCUT2D eigenvalue weighted by Gasteiger charge is 2.24. The molecule has 0 aliphatic carbocycles. The topological polar surface area (TPSA) is 59.1 Å². The maximum atomic E-state index is 13.7. The number of aryl methyl sites for hydroxylation is 2. The van der Waals surface area contributed by atoms with Crippen molar-refractivity contribution in [2.75, 3.05) is 33.9 Å². The Hall–Kier alpha value is -3.32. The maximum Gasteiger partial charge on any atom is 0.254 e. The van der Waals surface area contributed by atoms with Gasteiger partial charge in [-0.05, 0) is 78.1 Å². The van der Waals surface area contributed by atoms with Crippen LogP contribution in [0.4, 0.5) is 0 Å². The molecule has 0 bridgehead atoms. The number of benzene rings is 2. The van der Waals surface area contributed by atoms with Gasteiger partial charge in [0.25, 0.3) is 5.91 Å². The molecule has 0 aliphatic rings. The smallest absolute Gasteiger partial charge is 0.254 e. The molecule has 204 valence electrons. The molecular formula is C31H40N2O4S. The molecule has 3 aromatic rings. The molecule has 2 aromatic carbocycles. The Morgan fingerprint density at radius 1 is 0.921 bits per heavy atom. The highest BCUT2D eigenvalue weighted by Crippen LogP contribution is 2.28. The van der Waals surface area contributed by atoms with Crippen LogP contribution >= 0.6 is 11.3 Å². The van der Waals surface area contributed by atoms with E-state index >= 15 is 0 Å². The third kappa shape index (κ3) is 7.84. The predicted molar refractivity (Wildman–Crippen MR) is 154 cm³/mol. The van der Waals surface area contributed by atoms with E-state index in [1.807, 2.05) is 47.4 Å². The number of amides is 2. The number of ether oxygens (including phenoxy) is 2. The second-order valence-electron chi connectivity index (χ2n) is 9.91. The lowest BCUT2D eigenvalue weighted by molar-refractivity contribution is -0.132. The van der Waals surface area contributed by atoms with E-state index < -0.39 is 0 Å². The predicted octanol–water partition coefficient (Wildman–Crippen LogP) is 6.01. The first-order chi connectivity index (χ1) is 18.2. The molecule has 1 aromatic heterocycles. The fraction of sp³-hybridized carbons (Fsp3) is 0.419. The van der Waals surface area contributed by atoms with Crippen LogP contribution in [0.15, 0.2) is 53.9 Å². The van der Waals surface area contributed by atoms with E-state index in [-0.39, 0.29) is 24.3 Å². The van der Waals surface area contributed by atoms with Crippen LogP contribution in [0.1, 0.15) is 52.7 Å². The third-order valence-electron chi connectivity index (χ3n) is 6.58. The van der Waals surface area contributed by atoms with Gasteiger partial charge in [-0.3, -0.25) is 9.59 Å². The van der Waals surface area contributed by atoms with Gasteiger partial charge in [-0.25, -0.2) is 0 Å². The van der Waals surface area contributed by atoms with Crippen molar-refractivity contribution in [3.63, 3.8) is 0 Å². The van der Waals surface area contributed by atoms with Gasteiger partial charge in [0, 0.05) is 23.5 Å². The first-order valence-electron chi connectivity index (χ1n) is 13.2. The van der Waals surface area contributed by atoms with Crippen LogP contribution in [-0.2, 0) is 24.2 Å². The molecule has 0 fully saturated rings. The van der Waals surface area contributed by atoms with Crippen molar-refractivity contribution in [2.45, 2.75) is 47.1 Å². The van der Waals surface area contributed by atoms with Crippen LogP contribution in [0.2, 0.25) is 0 Å². The third-order valence-corrected chi connectivity index (χ3v) is 7.59. The molecule has 6 nitrogen and oxygen atoms in total. The molecule has 0 spiro atoms. The number of hydrogen-bond acceptors (Lipinski definition) is 5. The molecule has 0 radical (unpaired) electrons. The van der Waals surface area contributed by atoms with E-state index in [9.17, 15) is 9.59 Å². The molecule has 0 unspecified atom stereocenters. The molecule has 3 rings (SSSR count). The minimum absolute atomic E-state index is 0.0445. The highest BCUT2D eigenvalue weighted by atomic mass is 32.1. The molecular weight excluding hydrogens is 496 g/mol. The highest BCUT2D eigenvalue weighted by molar-refractivity contribution is 7.10. The number of rotatable bonds is 13. The Morgan fingerprint density at radius 3 is 2.18 bits per heavy atom. The van der Waals surface area contributed by atoms with Crippen molar-refractivity contribution in [2.24, 2.45) is 5.92 Å². The number of carbonyl (C=O) groups is 2. The Kier molecular flexibility index (Phi) is 10.8. The van der Waals surface area contributed by atoms with Gasteiger partial charge in [-0.2, -0.15) is 0 Å². The van der Waals surface area contributed by atoms with Crippen molar-refractivity contribution in [1.29, 1.82) is 0 Å².